The number of unbranched alkanes of at least 4 members (excludes halogenated alkanes) is 1. The number of hydrogen-bond donors (Lipinski definition) is 0. The van der Waals surface area contributed by atoms with Gasteiger partial charge in [0.25, 0.3) is 0 Å². The number of para-hydroxylation sites is 2. The van der Waals surface area contributed by atoms with Gasteiger partial charge in [-0.05, 0) is 135 Å². The molecule has 0 saturated heterocycles. The molecule has 0 amide bonds. The minimum atomic E-state index is -2.23. The van der Waals surface area contributed by atoms with E-state index in [9.17, 15) is 0 Å². The largest absolute Gasteiger partial charge is 0.517 e. The van der Waals surface area contributed by atoms with Crippen LogP contribution < -0.4 is 14.5 Å². The Bertz CT molecular complexity index is 3470. The van der Waals surface area contributed by atoms with E-state index in [0.29, 0.717) is 24.3 Å². The first-order valence-electron chi connectivity index (χ1n) is 26.7. The second-order valence-corrected chi connectivity index (χ2v) is 22.3. The molecule has 0 radical (unpaired) electrons. The molecule has 7 aromatic carbocycles. The van der Waals surface area contributed by atoms with Gasteiger partial charge in [-0.25, -0.2) is 4.98 Å². The van der Waals surface area contributed by atoms with Crippen LogP contribution in [0.25, 0.3) is 49.9 Å². The van der Waals surface area contributed by atoms with Gasteiger partial charge in [-0.3, -0.25) is 0 Å². The van der Waals surface area contributed by atoms with Gasteiger partial charge < -0.3 is 19.1 Å². The molecule has 2 aromatic heterocycles. The summed E-state index contributed by atoms with van der Waals surface area (Å²) in [5.41, 5.74) is 15.3. The van der Waals surface area contributed by atoms with Crippen molar-refractivity contribution in [1.29, 1.82) is 0 Å². The SMILES string of the molecule is [2H]C([2H])([2H])c1cccc(-c2cc(C(C)(C)C)cc(C(C)(C)C)c2)c1CCCCN1[CH-]N(c2[c-]c(COc3[c-]c4c(cc3)c3cc(-c5ccccc5)ccc3n4-c3cc(C(C)(C)C)ccn3)ccc2)c2ccccc21.[Pt]. The Labute approximate surface area is 447 Å². The van der Waals surface area contributed by atoms with E-state index >= 15 is 0 Å². The van der Waals surface area contributed by atoms with Crippen LogP contribution in [-0.2, 0) is 50.3 Å². The molecule has 0 atom stereocenters. The molecule has 72 heavy (non-hydrogen) atoms. The van der Waals surface area contributed by atoms with E-state index in [1.54, 1.807) is 6.07 Å². The number of hydrogen-bond acceptors (Lipinski definition) is 4. The number of aryl methyl sites for hydroxylation is 1. The van der Waals surface area contributed by atoms with Gasteiger partial charge in [0.2, 0.25) is 0 Å². The summed E-state index contributed by atoms with van der Waals surface area (Å²) in [6, 6.07) is 60.3. The minimum absolute atomic E-state index is 0. The van der Waals surface area contributed by atoms with Crippen LogP contribution in [0.5, 0.6) is 5.75 Å². The topological polar surface area (TPSA) is 33.5 Å². The normalized spacial score (nSPS) is 13.7. The zero-order valence-corrected chi connectivity index (χ0v) is 45.4. The summed E-state index contributed by atoms with van der Waals surface area (Å²) in [6.07, 6.45) is 4.26. The van der Waals surface area contributed by atoms with Crippen molar-refractivity contribution in [2.45, 2.75) is 111 Å². The molecular formula is C66H67N4OPt-3. The molecule has 0 spiro atoms. The van der Waals surface area contributed by atoms with Crippen LogP contribution in [-0.4, -0.2) is 16.1 Å². The van der Waals surface area contributed by atoms with Crippen LogP contribution in [0.2, 0.25) is 0 Å². The number of aromatic nitrogens is 2. The van der Waals surface area contributed by atoms with E-state index in [2.05, 4.69) is 223 Å². The van der Waals surface area contributed by atoms with Crippen LogP contribution in [0, 0.1) is 25.7 Å². The predicted octanol–water partition coefficient (Wildman–Crippen LogP) is 17.0. The van der Waals surface area contributed by atoms with E-state index in [1.807, 2.05) is 24.4 Å². The molecule has 370 valence electrons. The summed E-state index contributed by atoms with van der Waals surface area (Å²) in [6.45, 7) is 21.1. The van der Waals surface area contributed by atoms with Gasteiger partial charge in [0.05, 0.1) is 6.61 Å². The number of ether oxygens (including phenoxy) is 1. The molecule has 9 aromatic rings. The van der Waals surface area contributed by atoms with Crippen molar-refractivity contribution < 1.29 is 29.9 Å². The summed E-state index contributed by atoms with van der Waals surface area (Å²) in [5, 5.41) is 2.21. The van der Waals surface area contributed by atoms with Gasteiger partial charge in [-0.2, -0.15) is 37.0 Å². The molecule has 10 rings (SSSR count). The molecule has 0 unspecified atom stereocenters. The number of rotatable bonds is 12. The molecule has 0 saturated carbocycles. The van der Waals surface area contributed by atoms with Crippen molar-refractivity contribution in [3.8, 4) is 33.8 Å². The summed E-state index contributed by atoms with van der Waals surface area (Å²) < 4.78 is 34.5. The molecule has 1 aliphatic heterocycles. The molecule has 0 aliphatic carbocycles. The van der Waals surface area contributed by atoms with Gasteiger partial charge in [-0.15, -0.1) is 28.8 Å². The van der Waals surface area contributed by atoms with Crippen LogP contribution in [0.4, 0.5) is 17.1 Å². The maximum absolute atomic E-state index is 8.58. The Balaban J connectivity index is 0.00000689. The average Bonchev–Trinajstić information content (AvgIpc) is 3.91. The summed E-state index contributed by atoms with van der Waals surface area (Å²) in [5.74, 6) is 1.48. The van der Waals surface area contributed by atoms with Crippen molar-refractivity contribution in [3.63, 3.8) is 0 Å². The molecule has 0 N–H and O–H groups in total. The van der Waals surface area contributed by atoms with Gasteiger partial charge >= 0.3 is 0 Å². The van der Waals surface area contributed by atoms with Crippen LogP contribution in [0.3, 0.4) is 0 Å². The quantitative estimate of drug-likeness (QED) is 0.0902. The molecular weight excluding hydrogens is 1060 g/mol. The van der Waals surface area contributed by atoms with Crippen molar-refractivity contribution in [3.05, 3.63) is 210 Å². The van der Waals surface area contributed by atoms with E-state index < -0.39 is 6.85 Å². The van der Waals surface area contributed by atoms with Crippen molar-refractivity contribution in [2.75, 3.05) is 16.3 Å². The summed E-state index contributed by atoms with van der Waals surface area (Å²) in [4.78, 5) is 9.42. The van der Waals surface area contributed by atoms with Crippen LogP contribution in [0.1, 0.15) is 113 Å². The predicted molar refractivity (Wildman–Crippen MR) is 298 cm³/mol. The fourth-order valence-electron chi connectivity index (χ4n) is 9.85. The third kappa shape index (κ3) is 10.4. The average molecular weight is 1130 g/mol. The Morgan fingerprint density at radius 2 is 1.33 bits per heavy atom. The second kappa shape index (κ2) is 20.2. The third-order valence-electron chi connectivity index (χ3n) is 14.0. The number of benzene rings is 7. The van der Waals surface area contributed by atoms with E-state index in [-0.39, 0.29) is 37.3 Å². The Kier molecular flexibility index (Phi) is 13.1. The summed E-state index contributed by atoms with van der Waals surface area (Å²) >= 11 is 0. The number of fused-ring (bicyclic) bond motifs is 4. The molecule has 3 heterocycles. The maximum atomic E-state index is 8.58. The first kappa shape index (κ1) is 46.6. The zero-order chi connectivity index (χ0) is 52.2. The molecule has 0 bridgehead atoms. The molecule has 6 heteroatoms. The monoisotopic (exact) mass is 1130 g/mol. The fraction of sp³-hybridized carbons (Fsp3) is 0.273. The van der Waals surface area contributed by atoms with E-state index in [4.69, 9.17) is 13.8 Å². The third-order valence-corrected chi connectivity index (χ3v) is 14.0. The molecule has 0 fully saturated rings. The maximum Gasteiger partial charge on any atom is 0.135 e. The van der Waals surface area contributed by atoms with Gasteiger partial charge in [0, 0.05) is 54.0 Å². The van der Waals surface area contributed by atoms with E-state index in [0.717, 1.165) is 91.9 Å². The standard InChI is InChI=1S/C66H67N4O.Pt/c1-45-20-18-26-56(49-37-51(65(5,6)7)40-52(38-49)66(8,9)10)55(45)25-16-17-35-68-44-69(61-28-15-14-27-60(61)68)53-24-19-21-46(36-53)43-71-54-30-31-57-58-39-48(47-22-12-11-13-23-47)29-32-59(58)70(62(57)42-54)63-41-50(33-34-67-63)64(2,3)4;/h11-15,18-24,26-34,37-41,44H,16-17,25,35,43H2,1-10H3;/q-3;/i1D3;. The van der Waals surface area contributed by atoms with Gasteiger partial charge in [-0.1, -0.05) is 159 Å². The molecule has 5 nitrogen and oxygen atoms in total. The number of pyridine rings is 1. The molecule has 1 aliphatic rings. The van der Waals surface area contributed by atoms with Gasteiger partial charge in [0.15, 0.2) is 0 Å². The van der Waals surface area contributed by atoms with Crippen LogP contribution >= 0.6 is 0 Å². The smallest absolute Gasteiger partial charge is 0.135 e. The van der Waals surface area contributed by atoms with Crippen LogP contribution in [0.15, 0.2) is 158 Å². The van der Waals surface area contributed by atoms with Crippen molar-refractivity contribution >= 4 is 38.9 Å². The number of nitrogens with zero attached hydrogens (tertiary/aromatic N) is 4. The van der Waals surface area contributed by atoms with Gasteiger partial charge in [0.1, 0.15) is 5.82 Å². The van der Waals surface area contributed by atoms with Crippen molar-refractivity contribution in [1.82, 2.24) is 9.55 Å². The summed E-state index contributed by atoms with van der Waals surface area (Å²) in [7, 11) is 0. The number of anilines is 3. The Morgan fingerprint density at radius 1 is 0.611 bits per heavy atom. The zero-order valence-electron chi connectivity index (χ0n) is 46.1. The van der Waals surface area contributed by atoms with E-state index in [1.165, 1.54) is 22.3 Å². The Hall–Kier alpha value is -6.42. The fourth-order valence-corrected chi connectivity index (χ4v) is 9.85. The first-order valence-corrected chi connectivity index (χ1v) is 25.2. The first-order chi connectivity index (χ1) is 35.2. The minimum Gasteiger partial charge on any atom is -0.517 e. The van der Waals surface area contributed by atoms with Crippen molar-refractivity contribution in [2.24, 2.45) is 0 Å². The second-order valence-electron chi connectivity index (χ2n) is 22.3. The Morgan fingerprint density at radius 3 is 2.07 bits per heavy atom.